The largest absolute Gasteiger partial charge is 0.357 e. The summed E-state index contributed by atoms with van der Waals surface area (Å²) in [6, 6.07) is 6.83. The fraction of sp³-hybridized carbons (Fsp3) is 0.333. The smallest absolute Gasteiger partial charge is 0.252 e. The zero-order valence-corrected chi connectivity index (χ0v) is 17.6. The topological polar surface area (TPSA) is 104 Å². The SMILES string of the molecule is CNC(=O)C(NC(=O)c1cccc(S(=O)(=O)NC2CCCC2)c1)c1ccc(F)c(F)c1. The van der Waals surface area contributed by atoms with Gasteiger partial charge in [0.25, 0.3) is 5.91 Å². The van der Waals surface area contributed by atoms with Crippen molar-refractivity contribution in [2.24, 2.45) is 0 Å². The first-order valence-corrected chi connectivity index (χ1v) is 11.3. The third-order valence-corrected chi connectivity index (χ3v) is 6.66. The number of hydrogen-bond acceptors (Lipinski definition) is 4. The molecule has 3 rings (SSSR count). The molecule has 7 nitrogen and oxygen atoms in total. The molecule has 10 heteroatoms. The molecule has 1 unspecified atom stereocenters. The predicted octanol–water partition coefficient (Wildman–Crippen LogP) is 2.40. The third-order valence-electron chi connectivity index (χ3n) is 5.14. The number of halogens is 2. The van der Waals surface area contributed by atoms with Crippen LogP contribution < -0.4 is 15.4 Å². The number of rotatable bonds is 7. The van der Waals surface area contributed by atoms with E-state index in [4.69, 9.17) is 0 Å². The molecule has 0 bridgehead atoms. The highest BCUT2D eigenvalue weighted by Crippen LogP contribution is 2.22. The molecule has 31 heavy (non-hydrogen) atoms. The zero-order valence-electron chi connectivity index (χ0n) is 16.8. The highest BCUT2D eigenvalue weighted by molar-refractivity contribution is 7.89. The van der Waals surface area contributed by atoms with E-state index in [-0.39, 0.29) is 22.1 Å². The number of likely N-dealkylation sites (N-methyl/N-ethyl adjacent to an activating group) is 1. The van der Waals surface area contributed by atoms with E-state index in [1.807, 2.05) is 0 Å². The summed E-state index contributed by atoms with van der Waals surface area (Å²) in [6.07, 6.45) is 3.45. The van der Waals surface area contributed by atoms with Crippen molar-refractivity contribution in [3.8, 4) is 0 Å². The van der Waals surface area contributed by atoms with Crippen LogP contribution in [0.1, 0.15) is 47.6 Å². The quantitative estimate of drug-likeness (QED) is 0.601. The Bertz CT molecular complexity index is 1090. The van der Waals surface area contributed by atoms with Crippen LogP contribution in [-0.4, -0.2) is 33.3 Å². The van der Waals surface area contributed by atoms with Gasteiger partial charge in [-0.3, -0.25) is 9.59 Å². The average molecular weight is 451 g/mol. The van der Waals surface area contributed by atoms with Crippen LogP contribution in [0.2, 0.25) is 0 Å². The minimum Gasteiger partial charge on any atom is -0.357 e. The van der Waals surface area contributed by atoms with Gasteiger partial charge in [-0.2, -0.15) is 0 Å². The Balaban J connectivity index is 1.83. The molecule has 1 saturated carbocycles. The van der Waals surface area contributed by atoms with Gasteiger partial charge < -0.3 is 10.6 Å². The lowest BCUT2D eigenvalue weighted by molar-refractivity contribution is -0.122. The summed E-state index contributed by atoms with van der Waals surface area (Å²) in [5.41, 5.74) is 0.0454. The van der Waals surface area contributed by atoms with Crippen molar-refractivity contribution in [3.63, 3.8) is 0 Å². The van der Waals surface area contributed by atoms with Crippen molar-refractivity contribution in [2.45, 2.75) is 42.7 Å². The van der Waals surface area contributed by atoms with E-state index in [0.717, 1.165) is 37.8 Å². The minimum absolute atomic E-state index is 0.00536. The van der Waals surface area contributed by atoms with Crippen molar-refractivity contribution in [3.05, 3.63) is 65.2 Å². The summed E-state index contributed by atoms with van der Waals surface area (Å²) in [7, 11) is -2.48. The average Bonchev–Trinajstić information content (AvgIpc) is 3.25. The number of nitrogens with one attached hydrogen (secondary N) is 3. The van der Waals surface area contributed by atoms with Gasteiger partial charge in [0.1, 0.15) is 6.04 Å². The van der Waals surface area contributed by atoms with Crippen molar-refractivity contribution < 1.29 is 26.8 Å². The summed E-state index contributed by atoms with van der Waals surface area (Å²) in [5.74, 6) is -3.63. The molecule has 3 N–H and O–H groups in total. The lowest BCUT2D eigenvalue weighted by atomic mass is 10.0. The monoisotopic (exact) mass is 451 g/mol. The summed E-state index contributed by atoms with van der Waals surface area (Å²) >= 11 is 0. The Morgan fingerprint density at radius 3 is 2.39 bits per heavy atom. The summed E-state index contributed by atoms with van der Waals surface area (Å²) < 4.78 is 54.8. The zero-order chi connectivity index (χ0) is 22.6. The van der Waals surface area contributed by atoms with E-state index in [1.54, 1.807) is 0 Å². The molecule has 0 aliphatic heterocycles. The second kappa shape index (κ2) is 9.52. The van der Waals surface area contributed by atoms with Gasteiger partial charge in [0.15, 0.2) is 11.6 Å². The number of benzene rings is 2. The van der Waals surface area contributed by atoms with Gasteiger partial charge in [0.2, 0.25) is 15.9 Å². The van der Waals surface area contributed by atoms with Gasteiger partial charge in [-0.25, -0.2) is 21.9 Å². The molecule has 1 aliphatic rings. The van der Waals surface area contributed by atoms with Crippen molar-refractivity contribution >= 4 is 21.8 Å². The van der Waals surface area contributed by atoms with Crippen LogP contribution in [0.15, 0.2) is 47.4 Å². The van der Waals surface area contributed by atoms with Crippen LogP contribution in [0.3, 0.4) is 0 Å². The Morgan fingerprint density at radius 1 is 1.03 bits per heavy atom. The molecule has 0 saturated heterocycles. The number of carbonyl (C=O) groups excluding carboxylic acids is 2. The van der Waals surface area contributed by atoms with E-state index in [2.05, 4.69) is 15.4 Å². The normalized spacial score (nSPS) is 15.5. The number of sulfonamides is 1. The molecule has 1 aliphatic carbocycles. The molecule has 1 fully saturated rings. The van der Waals surface area contributed by atoms with E-state index >= 15 is 0 Å². The Hall–Kier alpha value is -2.85. The second-order valence-corrected chi connectivity index (χ2v) is 9.04. The summed E-state index contributed by atoms with van der Waals surface area (Å²) in [6.45, 7) is 0. The predicted molar refractivity (Wildman–Crippen MR) is 110 cm³/mol. The lowest BCUT2D eigenvalue weighted by Gasteiger charge is -2.18. The van der Waals surface area contributed by atoms with Crippen LogP contribution in [-0.2, 0) is 14.8 Å². The highest BCUT2D eigenvalue weighted by atomic mass is 32.2. The highest BCUT2D eigenvalue weighted by Gasteiger charge is 2.26. The molecular weight excluding hydrogens is 428 g/mol. The first-order chi connectivity index (χ1) is 14.7. The van der Waals surface area contributed by atoms with Crippen LogP contribution in [0, 0.1) is 11.6 Å². The first kappa shape index (κ1) is 22.8. The molecule has 0 aromatic heterocycles. The standard InChI is InChI=1S/C21H23F2N3O4S/c1-24-21(28)19(13-9-10-17(22)18(23)12-13)25-20(27)14-5-4-8-16(11-14)31(29,30)26-15-6-2-3-7-15/h4-5,8-12,15,19,26H,2-3,6-7H2,1H3,(H,24,28)(H,25,27). The molecule has 0 spiro atoms. The number of hydrogen-bond donors (Lipinski definition) is 3. The maximum absolute atomic E-state index is 13.6. The van der Waals surface area contributed by atoms with E-state index in [0.29, 0.717) is 0 Å². The number of carbonyl (C=O) groups is 2. The maximum Gasteiger partial charge on any atom is 0.252 e. The molecule has 0 heterocycles. The van der Waals surface area contributed by atoms with E-state index in [9.17, 15) is 26.8 Å². The fourth-order valence-corrected chi connectivity index (χ4v) is 4.84. The van der Waals surface area contributed by atoms with Crippen molar-refractivity contribution in [1.29, 1.82) is 0 Å². The van der Waals surface area contributed by atoms with Crippen molar-refractivity contribution in [2.75, 3.05) is 7.05 Å². The van der Waals surface area contributed by atoms with Gasteiger partial charge >= 0.3 is 0 Å². The minimum atomic E-state index is -3.81. The van der Waals surface area contributed by atoms with Gasteiger partial charge in [-0.1, -0.05) is 25.0 Å². The Kier molecular flexibility index (Phi) is 7.01. The van der Waals surface area contributed by atoms with Gasteiger partial charge in [0, 0.05) is 18.7 Å². The van der Waals surface area contributed by atoms with Gasteiger partial charge in [-0.05, 0) is 48.7 Å². The summed E-state index contributed by atoms with van der Waals surface area (Å²) in [5, 5.41) is 4.80. The van der Waals surface area contributed by atoms with Crippen LogP contribution >= 0.6 is 0 Å². The van der Waals surface area contributed by atoms with Gasteiger partial charge in [-0.15, -0.1) is 0 Å². The van der Waals surface area contributed by atoms with Crippen LogP contribution in [0.4, 0.5) is 8.78 Å². The van der Waals surface area contributed by atoms with E-state index < -0.39 is 39.5 Å². The van der Waals surface area contributed by atoms with Gasteiger partial charge in [0.05, 0.1) is 4.90 Å². The van der Waals surface area contributed by atoms with Crippen molar-refractivity contribution in [1.82, 2.24) is 15.4 Å². The lowest BCUT2D eigenvalue weighted by Crippen LogP contribution is -2.39. The number of amides is 2. The summed E-state index contributed by atoms with van der Waals surface area (Å²) in [4.78, 5) is 24.9. The molecule has 2 aromatic rings. The van der Waals surface area contributed by atoms with Crippen LogP contribution in [0.25, 0.3) is 0 Å². The fourth-order valence-electron chi connectivity index (χ4n) is 3.49. The molecule has 0 radical (unpaired) electrons. The van der Waals surface area contributed by atoms with E-state index in [1.165, 1.54) is 37.4 Å². The molecule has 2 aromatic carbocycles. The Morgan fingerprint density at radius 2 is 1.74 bits per heavy atom. The molecular formula is C21H23F2N3O4S. The molecule has 2 amide bonds. The van der Waals surface area contributed by atoms with Crippen LogP contribution in [0.5, 0.6) is 0 Å². The molecule has 166 valence electrons. The first-order valence-electron chi connectivity index (χ1n) is 9.81. The molecule has 1 atom stereocenters. The maximum atomic E-state index is 13.6. The third kappa shape index (κ3) is 5.45. The Labute approximate surface area is 179 Å². The second-order valence-electron chi connectivity index (χ2n) is 7.32.